The Hall–Kier alpha value is -3.38. The van der Waals surface area contributed by atoms with E-state index < -0.39 is 5.41 Å². The number of halogens is 1. The van der Waals surface area contributed by atoms with Crippen LogP contribution in [-0.4, -0.2) is 17.1 Å². The van der Waals surface area contributed by atoms with Gasteiger partial charge >= 0.3 is 0 Å². The van der Waals surface area contributed by atoms with Crippen molar-refractivity contribution >= 4 is 5.91 Å². The van der Waals surface area contributed by atoms with Crippen LogP contribution in [0.1, 0.15) is 48.7 Å². The molecule has 1 amide bonds. The van der Waals surface area contributed by atoms with E-state index in [1.165, 1.54) is 5.82 Å². The summed E-state index contributed by atoms with van der Waals surface area (Å²) in [6, 6.07) is 30.5. The van der Waals surface area contributed by atoms with Gasteiger partial charge in [-0.25, -0.2) is 9.13 Å². The summed E-state index contributed by atoms with van der Waals surface area (Å²) in [5.41, 5.74) is 7.40. The van der Waals surface area contributed by atoms with Gasteiger partial charge in [-0.3, -0.25) is 4.79 Å². The number of para-hydroxylation sites is 1. The average Bonchev–Trinajstić information content (AvgIpc) is 3.56. The highest BCUT2D eigenvalue weighted by molar-refractivity contribution is 5.91. The van der Waals surface area contributed by atoms with Gasteiger partial charge in [-0.05, 0) is 48.4 Å². The Morgan fingerprint density at radius 3 is 2.11 bits per heavy atom. The van der Waals surface area contributed by atoms with E-state index in [0.29, 0.717) is 12.6 Å². The van der Waals surface area contributed by atoms with Gasteiger partial charge in [-0.2, -0.15) is 0 Å². The number of nitrogens with zero attached hydrogens (tertiary/aromatic N) is 2. The second-order valence-electron chi connectivity index (χ2n) is 10.0. The van der Waals surface area contributed by atoms with Crippen molar-refractivity contribution in [1.29, 1.82) is 0 Å². The molecule has 6 heteroatoms. The SMILES string of the molecule is Cc1n([C@H]2CC[C@@H](C(C(N)=O)(c3ccccc3)c3ccccc3)C2)cc[n+]1CCCOc1ccccc1.[Br-]. The van der Waals surface area contributed by atoms with Crippen LogP contribution in [0.4, 0.5) is 0 Å². The molecule has 0 unspecified atom stereocenters. The first-order chi connectivity index (χ1) is 18.1. The van der Waals surface area contributed by atoms with E-state index in [1.54, 1.807) is 0 Å². The van der Waals surface area contributed by atoms with Gasteiger partial charge in [0.1, 0.15) is 29.6 Å². The van der Waals surface area contributed by atoms with E-state index in [4.69, 9.17) is 10.5 Å². The van der Waals surface area contributed by atoms with E-state index in [9.17, 15) is 4.79 Å². The number of amides is 1. The summed E-state index contributed by atoms with van der Waals surface area (Å²) in [7, 11) is 0. The van der Waals surface area contributed by atoms with Crippen molar-refractivity contribution in [3.05, 3.63) is 120 Å². The molecular weight excluding hydrogens is 538 g/mol. The van der Waals surface area contributed by atoms with Gasteiger partial charge in [0, 0.05) is 13.3 Å². The number of carbonyl (C=O) groups excluding carboxylic acids is 1. The van der Waals surface area contributed by atoms with Crippen LogP contribution in [0.5, 0.6) is 5.75 Å². The predicted octanol–water partition coefficient (Wildman–Crippen LogP) is 2.37. The highest BCUT2D eigenvalue weighted by Crippen LogP contribution is 2.49. The zero-order valence-corrected chi connectivity index (χ0v) is 23.5. The molecule has 1 fully saturated rings. The minimum Gasteiger partial charge on any atom is -1.00 e. The number of hydrogen-bond acceptors (Lipinski definition) is 2. The smallest absolute Gasteiger partial charge is 0.253 e. The van der Waals surface area contributed by atoms with Crippen LogP contribution in [0.25, 0.3) is 0 Å². The number of benzene rings is 3. The summed E-state index contributed by atoms with van der Waals surface area (Å²) in [6.45, 7) is 3.77. The molecule has 0 spiro atoms. The van der Waals surface area contributed by atoms with Gasteiger partial charge in [0.15, 0.2) is 0 Å². The number of aromatic nitrogens is 2. The Balaban J connectivity index is 0.00000336. The predicted molar refractivity (Wildman–Crippen MR) is 145 cm³/mol. The summed E-state index contributed by atoms with van der Waals surface area (Å²) in [4.78, 5) is 13.4. The Labute approximate surface area is 236 Å². The minimum absolute atomic E-state index is 0. The average molecular weight is 575 g/mol. The Morgan fingerprint density at radius 2 is 1.53 bits per heavy atom. The van der Waals surface area contributed by atoms with Crippen LogP contribution in [-0.2, 0) is 16.8 Å². The first-order valence-electron chi connectivity index (χ1n) is 13.3. The normalized spacial score (nSPS) is 17.1. The molecular formula is C32H36BrN3O2. The van der Waals surface area contributed by atoms with Crippen LogP contribution in [0.2, 0.25) is 0 Å². The van der Waals surface area contributed by atoms with Gasteiger partial charge in [-0.15, -0.1) is 0 Å². The third-order valence-electron chi connectivity index (χ3n) is 8.01. The minimum atomic E-state index is -0.844. The Bertz CT molecular complexity index is 1270. The zero-order valence-electron chi connectivity index (χ0n) is 21.9. The Kier molecular flexibility index (Phi) is 9.05. The molecule has 1 aliphatic carbocycles. The van der Waals surface area contributed by atoms with Crippen LogP contribution < -0.4 is 32.0 Å². The molecule has 5 nitrogen and oxygen atoms in total. The number of aryl methyl sites for hydroxylation is 1. The summed E-state index contributed by atoms with van der Waals surface area (Å²) >= 11 is 0. The lowest BCUT2D eigenvalue weighted by Crippen LogP contribution is -3.00. The zero-order chi connectivity index (χ0) is 25.7. The highest BCUT2D eigenvalue weighted by atomic mass is 79.9. The van der Waals surface area contributed by atoms with E-state index in [0.717, 1.165) is 49.1 Å². The maximum Gasteiger partial charge on any atom is 0.253 e. The molecule has 38 heavy (non-hydrogen) atoms. The molecule has 1 heterocycles. The monoisotopic (exact) mass is 573 g/mol. The molecule has 0 aliphatic heterocycles. The van der Waals surface area contributed by atoms with Crippen molar-refractivity contribution in [2.45, 2.75) is 50.6 Å². The molecule has 2 N–H and O–H groups in total. The van der Waals surface area contributed by atoms with Crippen molar-refractivity contribution in [2.75, 3.05) is 6.61 Å². The number of rotatable bonds is 10. The van der Waals surface area contributed by atoms with Crippen LogP contribution >= 0.6 is 0 Å². The molecule has 0 bridgehead atoms. The molecule has 2 atom stereocenters. The summed E-state index contributed by atoms with van der Waals surface area (Å²) < 4.78 is 10.6. The molecule has 4 aromatic rings. The molecule has 0 radical (unpaired) electrons. The summed E-state index contributed by atoms with van der Waals surface area (Å²) in [6.07, 6.45) is 8.16. The fraction of sp³-hybridized carbons (Fsp3) is 0.312. The third-order valence-corrected chi connectivity index (χ3v) is 8.01. The summed E-state index contributed by atoms with van der Waals surface area (Å²) in [5.74, 6) is 1.99. The van der Waals surface area contributed by atoms with Crippen LogP contribution in [0, 0.1) is 12.8 Å². The van der Waals surface area contributed by atoms with Gasteiger partial charge in [0.2, 0.25) is 5.91 Å². The number of carbonyl (C=O) groups is 1. The number of ether oxygens (including phenoxy) is 1. The van der Waals surface area contributed by atoms with Crippen LogP contribution in [0.15, 0.2) is 103 Å². The fourth-order valence-electron chi connectivity index (χ4n) is 6.21. The largest absolute Gasteiger partial charge is 1.00 e. The van der Waals surface area contributed by atoms with E-state index in [-0.39, 0.29) is 28.8 Å². The number of primary amides is 1. The number of imidazole rings is 1. The summed E-state index contributed by atoms with van der Waals surface area (Å²) in [5, 5.41) is 0. The molecule has 5 rings (SSSR count). The fourth-order valence-corrected chi connectivity index (χ4v) is 6.21. The lowest BCUT2D eigenvalue weighted by Gasteiger charge is -2.37. The maximum atomic E-state index is 13.4. The van der Waals surface area contributed by atoms with Crippen LogP contribution in [0.3, 0.4) is 0 Å². The van der Waals surface area contributed by atoms with Gasteiger partial charge in [0.05, 0.1) is 13.2 Å². The first-order valence-corrected chi connectivity index (χ1v) is 13.3. The number of nitrogens with two attached hydrogens (primary N) is 1. The second kappa shape index (κ2) is 12.4. The molecule has 1 saturated carbocycles. The van der Waals surface area contributed by atoms with E-state index in [2.05, 4.69) is 52.7 Å². The second-order valence-corrected chi connectivity index (χ2v) is 10.0. The maximum absolute atomic E-state index is 13.4. The Morgan fingerprint density at radius 1 is 0.947 bits per heavy atom. The van der Waals surface area contributed by atoms with E-state index in [1.807, 2.05) is 66.7 Å². The molecule has 1 aromatic heterocycles. The van der Waals surface area contributed by atoms with Crippen molar-refractivity contribution in [1.82, 2.24) is 4.57 Å². The first kappa shape index (κ1) is 27.6. The van der Waals surface area contributed by atoms with Crippen molar-refractivity contribution in [3.8, 4) is 5.75 Å². The van der Waals surface area contributed by atoms with Gasteiger partial charge < -0.3 is 27.5 Å². The van der Waals surface area contributed by atoms with Gasteiger partial charge in [0.25, 0.3) is 5.82 Å². The quantitative estimate of drug-likeness (QED) is 0.234. The highest BCUT2D eigenvalue weighted by Gasteiger charge is 2.51. The lowest BCUT2D eigenvalue weighted by atomic mass is 9.64. The lowest BCUT2D eigenvalue weighted by molar-refractivity contribution is -0.703. The topological polar surface area (TPSA) is 61.1 Å². The van der Waals surface area contributed by atoms with Crippen molar-refractivity contribution < 1.29 is 31.1 Å². The van der Waals surface area contributed by atoms with E-state index >= 15 is 0 Å². The molecule has 1 aliphatic rings. The molecule has 198 valence electrons. The third kappa shape index (κ3) is 5.41. The molecule has 3 aromatic carbocycles. The van der Waals surface area contributed by atoms with Gasteiger partial charge in [-0.1, -0.05) is 78.9 Å². The van der Waals surface area contributed by atoms with Crippen molar-refractivity contribution in [2.24, 2.45) is 11.7 Å². The number of hydrogen-bond donors (Lipinski definition) is 1. The molecule has 0 saturated heterocycles. The van der Waals surface area contributed by atoms with Crippen molar-refractivity contribution in [3.63, 3.8) is 0 Å². The standard InChI is InChI=1S/C32H35N3O2.BrH/c1-25-34(20-11-23-37-30-16-9-4-10-17-30)21-22-35(25)29-19-18-28(24-29)32(31(33)36,26-12-5-2-6-13-26)27-14-7-3-8-15-27;/h2-10,12-17,21-22,28-29H,11,18-20,23-24H2,1H3,(H-,33,36);1H/t28-,29+;/m1./s1.